The van der Waals surface area contributed by atoms with Gasteiger partial charge >= 0.3 is 12.2 Å². The molecule has 0 spiro atoms. The van der Waals surface area contributed by atoms with E-state index in [4.69, 9.17) is 0 Å². The van der Waals surface area contributed by atoms with E-state index in [2.05, 4.69) is 15.7 Å². The molecule has 2 aromatic rings. The molecule has 8 heteroatoms. The molecule has 2 N–H and O–H groups in total. The van der Waals surface area contributed by atoms with E-state index in [0.717, 1.165) is 17.8 Å². The van der Waals surface area contributed by atoms with Gasteiger partial charge < -0.3 is 10.6 Å². The van der Waals surface area contributed by atoms with Gasteiger partial charge in [-0.15, -0.1) is 0 Å². The number of rotatable bonds is 3. The van der Waals surface area contributed by atoms with E-state index >= 15 is 0 Å². The normalized spacial score (nSPS) is 11.2. The summed E-state index contributed by atoms with van der Waals surface area (Å²) >= 11 is 0. The Morgan fingerprint density at radius 2 is 2.10 bits per heavy atom. The summed E-state index contributed by atoms with van der Waals surface area (Å²) in [5.41, 5.74) is 0.0356. The largest absolute Gasteiger partial charge is 0.416 e. The van der Waals surface area contributed by atoms with Gasteiger partial charge in [0.2, 0.25) is 0 Å². The van der Waals surface area contributed by atoms with Gasteiger partial charge in [0.05, 0.1) is 17.8 Å². The Kier molecular flexibility index (Phi) is 4.15. The summed E-state index contributed by atoms with van der Waals surface area (Å²) in [5, 5.41) is 8.83. The predicted octanol–water partition coefficient (Wildman–Crippen LogP) is 2.76. The van der Waals surface area contributed by atoms with Crippen LogP contribution in [0.25, 0.3) is 0 Å². The highest BCUT2D eigenvalue weighted by Crippen LogP contribution is 2.30. The molecule has 1 aromatic heterocycles. The Balaban J connectivity index is 1.95. The van der Waals surface area contributed by atoms with E-state index in [1.807, 2.05) is 0 Å². The lowest BCUT2D eigenvalue weighted by Crippen LogP contribution is -2.29. The summed E-state index contributed by atoms with van der Waals surface area (Å²) in [7, 11) is 1.72. The molecule has 0 aliphatic rings. The summed E-state index contributed by atoms with van der Waals surface area (Å²) in [6.07, 6.45) is -2.86. The van der Waals surface area contributed by atoms with E-state index in [1.165, 1.54) is 12.1 Å². The van der Waals surface area contributed by atoms with Crippen LogP contribution >= 0.6 is 0 Å². The summed E-state index contributed by atoms with van der Waals surface area (Å²) in [4.78, 5) is 11.6. The molecule has 0 aliphatic heterocycles. The highest BCUT2D eigenvalue weighted by atomic mass is 19.4. The zero-order valence-corrected chi connectivity index (χ0v) is 11.1. The summed E-state index contributed by atoms with van der Waals surface area (Å²) < 4.78 is 39.2. The lowest BCUT2D eigenvalue weighted by atomic mass is 10.2. The second kappa shape index (κ2) is 5.86. The van der Waals surface area contributed by atoms with Crippen molar-refractivity contribution in [2.45, 2.75) is 12.7 Å². The summed E-state index contributed by atoms with van der Waals surface area (Å²) in [6.45, 7) is 0.224. The van der Waals surface area contributed by atoms with Gasteiger partial charge in [-0.2, -0.15) is 18.3 Å². The van der Waals surface area contributed by atoms with Crippen molar-refractivity contribution in [3.05, 3.63) is 47.8 Å². The number of nitrogens with zero attached hydrogens (tertiary/aromatic N) is 2. The van der Waals surface area contributed by atoms with E-state index in [1.54, 1.807) is 24.0 Å². The van der Waals surface area contributed by atoms with Gasteiger partial charge in [0.15, 0.2) is 0 Å². The number of aryl methyl sites for hydroxylation is 1. The van der Waals surface area contributed by atoms with Crippen molar-refractivity contribution in [2.75, 3.05) is 5.32 Å². The molecule has 2 amide bonds. The fourth-order valence-electron chi connectivity index (χ4n) is 1.69. The van der Waals surface area contributed by atoms with Crippen molar-refractivity contribution in [3.8, 4) is 0 Å². The number of benzene rings is 1. The van der Waals surface area contributed by atoms with Gasteiger partial charge in [-0.25, -0.2) is 4.79 Å². The van der Waals surface area contributed by atoms with E-state index in [9.17, 15) is 18.0 Å². The minimum atomic E-state index is -4.44. The minimum absolute atomic E-state index is 0.0762. The molecule has 0 saturated carbocycles. The number of anilines is 1. The number of urea groups is 1. The summed E-state index contributed by atoms with van der Waals surface area (Å²) in [6, 6.07) is 5.58. The molecule has 112 valence electrons. The van der Waals surface area contributed by atoms with Gasteiger partial charge in [-0.1, -0.05) is 6.07 Å². The molecule has 5 nitrogen and oxygen atoms in total. The van der Waals surface area contributed by atoms with Crippen LogP contribution in [0.1, 0.15) is 11.3 Å². The molecule has 0 bridgehead atoms. The summed E-state index contributed by atoms with van der Waals surface area (Å²) in [5.74, 6) is 0. The van der Waals surface area contributed by atoms with Crippen molar-refractivity contribution in [2.24, 2.45) is 7.05 Å². The zero-order valence-electron chi connectivity index (χ0n) is 11.1. The molecule has 0 unspecified atom stereocenters. The first-order valence-electron chi connectivity index (χ1n) is 6.05. The van der Waals surface area contributed by atoms with Gasteiger partial charge in [-0.3, -0.25) is 4.68 Å². The molecule has 0 aliphatic carbocycles. The van der Waals surface area contributed by atoms with Crippen LogP contribution in [0, 0.1) is 0 Å². The first kappa shape index (κ1) is 14.9. The number of aromatic nitrogens is 2. The highest BCUT2D eigenvalue weighted by Gasteiger charge is 2.30. The fourth-order valence-corrected chi connectivity index (χ4v) is 1.69. The Morgan fingerprint density at radius 3 is 2.71 bits per heavy atom. The SMILES string of the molecule is Cn1nccc1CNC(=O)Nc1cccc(C(F)(F)F)c1. The van der Waals surface area contributed by atoms with Crippen molar-refractivity contribution < 1.29 is 18.0 Å². The molecule has 0 fully saturated rings. The Hall–Kier alpha value is -2.51. The van der Waals surface area contributed by atoms with E-state index in [-0.39, 0.29) is 12.2 Å². The molecule has 0 atom stereocenters. The number of hydrogen-bond acceptors (Lipinski definition) is 2. The monoisotopic (exact) mass is 298 g/mol. The first-order valence-corrected chi connectivity index (χ1v) is 6.05. The average Bonchev–Trinajstić information content (AvgIpc) is 2.81. The predicted molar refractivity (Wildman–Crippen MR) is 70.5 cm³/mol. The Morgan fingerprint density at radius 1 is 1.33 bits per heavy atom. The smallest absolute Gasteiger partial charge is 0.332 e. The first-order chi connectivity index (χ1) is 9.86. The topological polar surface area (TPSA) is 59.0 Å². The van der Waals surface area contributed by atoms with E-state index in [0.29, 0.717) is 0 Å². The molecule has 21 heavy (non-hydrogen) atoms. The number of carbonyl (C=O) groups is 1. The molecule has 0 radical (unpaired) electrons. The van der Waals surface area contributed by atoms with Crippen LogP contribution in [-0.4, -0.2) is 15.8 Å². The van der Waals surface area contributed by atoms with Crippen LogP contribution in [-0.2, 0) is 19.8 Å². The van der Waals surface area contributed by atoms with Gasteiger partial charge in [-0.05, 0) is 24.3 Å². The maximum Gasteiger partial charge on any atom is 0.416 e. The Bertz CT molecular complexity index is 636. The maximum atomic E-state index is 12.5. The average molecular weight is 298 g/mol. The number of alkyl halides is 3. The number of halogens is 3. The van der Waals surface area contributed by atoms with Crippen molar-refractivity contribution >= 4 is 11.7 Å². The van der Waals surface area contributed by atoms with Gasteiger partial charge in [0.1, 0.15) is 0 Å². The third-order valence-corrected chi connectivity index (χ3v) is 2.80. The van der Waals surface area contributed by atoms with Crippen molar-refractivity contribution in [1.82, 2.24) is 15.1 Å². The quantitative estimate of drug-likeness (QED) is 0.915. The van der Waals surface area contributed by atoms with Gasteiger partial charge in [0, 0.05) is 18.9 Å². The molecule has 1 aromatic carbocycles. The standard InChI is InChI=1S/C13H13F3N4O/c1-20-11(5-6-18-20)8-17-12(21)19-10-4-2-3-9(7-10)13(14,15)16/h2-7H,8H2,1H3,(H2,17,19,21). The lowest BCUT2D eigenvalue weighted by molar-refractivity contribution is -0.137. The van der Waals surface area contributed by atoms with Crippen molar-refractivity contribution in [3.63, 3.8) is 0 Å². The third kappa shape index (κ3) is 3.98. The highest BCUT2D eigenvalue weighted by molar-refractivity contribution is 5.89. The molecular formula is C13H13F3N4O. The van der Waals surface area contributed by atoms with E-state index < -0.39 is 17.8 Å². The fraction of sp³-hybridized carbons (Fsp3) is 0.231. The third-order valence-electron chi connectivity index (χ3n) is 2.80. The number of hydrogen-bond donors (Lipinski definition) is 2. The second-order valence-electron chi connectivity index (χ2n) is 4.33. The lowest BCUT2D eigenvalue weighted by Gasteiger charge is -2.10. The molecular weight excluding hydrogens is 285 g/mol. The zero-order chi connectivity index (χ0) is 15.5. The van der Waals surface area contributed by atoms with Gasteiger partial charge in [0.25, 0.3) is 0 Å². The second-order valence-corrected chi connectivity index (χ2v) is 4.33. The minimum Gasteiger partial charge on any atom is -0.332 e. The van der Waals surface area contributed by atoms with Crippen LogP contribution in [0.15, 0.2) is 36.5 Å². The van der Waals surface area contributed by atoms with Crippen LogP contribution in [0.3, 0.4) is 0 Å². The van der Waals surface area contributed by atoms with Crippen LogP contribution in [0.2, 0.25) is 0 Å². The van der Waals surface area contributed by atoms with Crippen LogP contribution in [0.5, 0.6) is 0 Å². The van der Waals surface area contributed by atoms with Crippen LogP contribution in [0.4, 0.5) is 23.7 Å². The van der Waals surface area contributed by atoms with Crippen LogP contribution < -0.4 is 10.6 Å². The Labute approximate surface area is 118 Å². The molecule has 0 saturated heterocycles. The molecule has 2 rings (SSSR count). The number of carbonyl (C=O) groups excluding carboxylic acids is 1. The van der Waals surface area contributed by atoms with Crippen molar-refractivity contribution in [1.29, 1.82) is 0 Å². The molecule has 1 heterocycles. The number of nitrogens with one attached hydrogen (secondary N) is 2. The number of amides is 2. The maximum absolute atomic E-state index is 12.5.